The maximum atomic E-state index is 13.5. The molecule has 0 aromatic heterocycles. The Labute approximate surface area is 139 Å². The monoisotopic (exact) mass is 359 g/mol. The number of sulfone groups is 1. The molecule has 1 aliphatic rings. The number of methoxy groups -OCH3 is 1. The van der Waals surface area contributed by atoms with Gasteiger partial charge in [0.25, 0.3) is 5.91 Å². The molecular weight excluding hydrogens is 341 g/mol. The van der Waals surface area contributed by atoms with Gasteiger partial charge in [0.05, 0.1) is 29.7 Å². The van der Waals surface area contributed by atoms with Crippen molar-refractivity contribution in [3.63, 3.8) is 0 Å². The van der Waals surface area contributed by atoms with Crippen molar-refractivity contribution in [2.24, 2.45) is 0 Å². The van der Waals surface area contributed by atoms with E-state index in [1.54, 1.807) is 6.92 Å². The summed E-state index contributed by atoms with van der Waals surface area (Å²) in [6.45, 7) is 1.04. The fourth-order valence-corrected chi connectivity index (χ4v) is 4.58. The van der Waals surface area contributed by atoms with Crippen LogP contribution in [-0.4, -0.2) is 51.1 Å². The summed E-state index contributed by atoms with van der Waals surface area (Å²) in [5, 5.41) is 2.56. The van der Waals surface area contributed by atoms with E-state index < -0.39 is 39.7 Å². The van der Waals surface area contributed by atoms with Crippen LogP contribution in [0.3, 0.4) is 0 Å². The quantitative estimate of drug-likeness (QED) is 0.777. The zero-order valence-electron chi connectivity index (χ0n) is 13.3. The highest BCUT2D eigenvalue weighted by molar-refractivity contribution is 7.91. The van der Waals surface area contributed by atoms with Crippen molar-refractivity contribution in [1.29, 1.82) is 0 Å². The molecule has 0 bridgehead atoms. The first-order chi connectivity index (χ1) is 11.1. The number of halogens is 1. The minimum atomic E-state index is -3.16. The number of nitrogens with one attached hydrogen (secondary N) is 1. The molecule has 1 atom stereocenters. The van der Waals surface area contributed by atoms with Gasteiger partial charge in [0.2, 0.25) is 0 Å². The number of hydrogen-bond donors (Lipinski definition) is 1. The van der Waals surface area contributed by atoms with E-state index >= 15 is 0 Å². The summed E-state index contributed by atoms with van der Waals surface area (Å²) >= 11 is 0. The van der Waals surface area contributed by atoms with Crippen molar-refractivity contribution >= 4 is 21.7 Å². The molecule has 1 heterocycles. The molecule has 1 saturated heterocycles. The second-order valence-corrected chi connectivity index (χ2v) is 8.06. The van der Waals surface area contributed by atoms with E-state index in [4.69, 9.17) is 9.47 Å². The van der Waals surface area contributed by atoms with E-state index in [1.165, 1.54) is 19.2 Å². The highest BCUT2D eigenvalue weighted by Gasteiger charge is 2.39. The second kappa shape index (κ2) is 6.76. The van der Waals surface area contributed by atoms with E-state index in [9.17, 15) is 22.4 Å². The molecule has 24 heavy (non-hydrogen) atoms. The molecule has 1 aromatic carbocycles. The van der Waals surface area contributed by atoms with Crippen LogP contribution in [0.2, 0.25) is 0 Å². The SMILES string of the molecule is COc1ccc(C(=O)OCC(=O)N[C@]2(C)CCS(=O)(=O)C2)cc1F. The van der Waals surface area contributed by atoms with E-state index in [1.807, 2.05) is 0 Å². The Hall–Kier alpha value is -2.16. The maximum Gasteiger partial charge on any atom is 0.338 e. The fraction of sp³-hybridized carbons (Fsp3) is 0.467. The summed E-state index contributed by atoms with van der Waals surface area (Å²) in [7, 11) is -1.87. The predicted molar refractivity (Wildman–Crippen MR) is 83.1 cm³/mol. The number of amides is 1. The molecule has 1 amide bonds. The molecule has 0 spiro atoms. The lowest BCUT2D eigenvalue weighted by Crippen LogP contribution is -2.48. The number of carbonyl (C=O) groups excluding carboxylic acids is 2. The zero-order chi connectivity index (χ0) is 18.0. The van der Waals surface area contributed by atoms with Gasteiger partial charge in [-0.2, -0.15) is 0 Å². The highest BCUT2D eigenvalue weighted by Crippen LogP contribution is 2.22. The molecule has 9 heteroatoms. The van der Waals surface area contributed by atoms with Crippen LogP contribution in [0, 0.1) is 5.82 Å². The normalized spacial score (nSPS) is 22.0. The van der Waals surface area contributed by atoms with Crippen LogP contribution < -0.4 is 10.1 Å². The molecule has 1 aromatic rings. The van der Waals surface area contributed by atoms with Crippen LogP contribution in [0.5, 0.6) is 5.75 Å². The highest BCUT2D eigenvalue weighted by atomic mass is 32.2. The van der Waals surface area contributed by atoms with Gasteiger partial charge in [0.1, 0.15) is 0 Å². The van der Waals surface area contributed by atoms with Crippen molar-refractivity contribution < 1.29 is 31.9 Å². The number of esters is 1. The third-order valence-corrected chi connectivity index (χ3v) is 5.57. The smallest absolute Gasteiger partial charge is 0.338 e. The van der Waals surface area contributed by atoms with E-state index in [2.05, 4.69) is 5.32 Å². The lowest BCUT2D eigenvalue weighted by atomic mass is 10.0. The van der Waals surface area contributed by atoms with Crippen molar-refractivity contribution in [3.8, 4) is 5.75 Å². The van der Waals surface area contributed by atoms with Crippen molar-refractivity contribution in [2.45, 2.75) is 18.9 Å². The molecule has 1 aliphatic heterocycles. The van der Waals surface area contributed by atoms with Crippen molar-refractivity contribution in [2.75, 3.05) is 25.2 Å². The third kappa shape index (κ3) is 4.44. The fourth-order valence-electron chi connectivity index (χ4n) is 2.49. The Balaban J connectivity index is 1.90. The molecule has 0 aliphatic carbocycles. The zero-order valence-corrected chi connectivity index (χ0v) is 14.1. The molecule has 0 saturated carbocycles. The first-order valence-corrected chi connectivity index (χ1v) is 8.98. The molecule has 0 unspecified atom stereocenters. The Bertz CT molecular complexity index is 763. The van der Waals surface area contributed by atoms with Crippen LogP contribution in [0.1, 0.15) is 23.7 Å². The second-order valence-electron chi connectivity index (χ2n) is 5.88. The summed E-state index contributed by atoms with van der Waals surface area (Å²) in [5.74, 6) is -2.36. The van der Waals surface area contributed by atoms with E-state index in [0.717, 1.165) is 6.07 Å². The molecule has 1 N–H and O–H groups in total. The van der Waals surface area contributed by atoms with Crippen molar-refractivity contribution in [3.05, 3.63) is 29.6 Å². The summed E-state index contributed by atoms with van der Waals surface area (Å²) < 4.78 is 46.1. The topological polar surface area (TPSA) is 98.8 Å². The van der Waals surface area contributed by atoms with Gasteiger partial charge in [0, 0.05) is 0 Å². The van der Waals surface area contributed by atoms with Gasteiger partial charge in [-0.05, 0) is 31.5 Å². The number of benzene rings is 1. The summed E-state index contributed by atoms with van der Waals surface area (Å²) in [6.07, 6.45) is 0.304. The van der Waals surface area contributed by atoms with Crippen LogP contribution in [0.4, 0.5) is 4.39 Å². The first kappa shape index (κ1) is 18.2. The van der Waals surface area contributed by atoms with Crippen LogP contribution in [0.15, 0.2) is 18.2 Å². The maximum absolute atomic E-state index is 13.5. The molecule has 1 fully saturated rings. The lowest BCUT2D eigenvalue weighted by molar-refractivity contribution is -0.125. The molecule has 2 rings (SSSR count). The summed E-state index contributed by atoms with van der Waals surface area (Å²) in [6, 6.07) is 3.54. The number of ether oxygens (including phenoxy) is 2. The van der Waals surface area contributed by atoms with Gasteiger partial charge in [0.15, 0.2) is 28.0 Å². The first-order valence-electron chi connectivity index (χ1n) is 7.16. The minimum Gasteiger partial charge on any atom is -0.494 e. The number of hydrogen-bond acceptors (Lipinski definition) is 6. The van der Waals surface area contributed by atoms with Crippen LogP contribution in [-0.2, 0) is 19.4 Å². The Morgan fingerprint density at radius 1 is 1.38 bits per heavy atom. The van der Waals surface area contributed by atoms with Gasteiger partial charge < -0.3 is 14.8 Å². The van der Waals surface area contributed by atoms with Gasteiger partial charge in [-0.25, -0.2) is 17.6 Å². The van der Waals surface area contributed by atoms with Gasteiger partial charge in [-0.3, -0.25) is 4.79 Å². The number of rotatable bonds is 5. The van der Waals surface area contributed by atoms with Crippen LogP contribution >= 0.6 is 0 Å². The molecule has 7 nitrogen and oxygen atoms in total. The average molecular weight is 359 g/mol. The average Bonchev–Trinajstić information content (AvgIpc) is 2.77. The number of carbonyl (C=O) groups is 2. The lowest BCUT2D eigenvalue weighted by Gasteiger charge is -2.23. The van der Waals surface area contributed by atoms with Gasteiger partial charge in [-0.1, -0.05) is 0 Å². The van der Waals surface area contributed by atoms with E-state index in [-0.39, 0.29) is 22.8 Å². The van der Waals surface area contributed by atoms with Gasteiger partial charge in [-0.15, -0.1) is 0 Å². The standard InChI is InChI=1S/C15H18FNO6S/c1-15(5-6-24(20,21)9-15)17-13(18)8-23-14(19)10-3-4-12(22-2)11(16)7-10/h3-4,7H,5-6,8-9H2,1-2H3,(H,17,18)/t15-/m1/s1. The Kier molecular flexibility index (Phi) is 5.12. The Morgan fingerprint density at radius 3 is 2.62 bits per heavy atom. The third-order valence-electron chi connectivity index (χ3n) is 3.67. The van der Waals surface area contributed by atoms with Crippen LogP contribution in [0.25, 0.3) is 0 Å². The molecular formula is C15H18FNO6S. The van der Waals surface area contributed by atoms with Crippen molar-refractivity contribution in [1.82, 2.24) is 5.32 Å². The summed E-state index contributed by atoms with van der Waals surface area (Å²) in [4.78, 5) is 23.7. The Morgan fingerprint density at radius 2 is 2.08 bits per heavy atom. The largest absolute Gasteiger partial charge is 0.494 e. The molecule has 0 radical (unpaired) electrons. The van der Waals surface area contributed by atoms with Gasteiger partial charge >= 0.3 is 5.97 Å². The summed E-state index contributed by atoms with van der Waals surface area (Å²) in [5.41, 5.74) is -0.926. The molecule has 132 valence electrons. The predicted octanol–water partition coefficient (Wildman–Crippen LogP) is 0.684. The van der Waals surface area contributed by atoms with E-state index in [0.29, 0.717) is 6.42 Å². The minimum absolute atomic E-state index is 0.00862.